The Morgan fingerprint density at radius 1 is 1.10 bits per heavy atom. The van der Waals surface area contributed by atoms with Gasteiger partial charge in [-0.25, -0.2) is 9.59 Å². The maximum atomic E-state index is 11.7. The highest BCUT2D eigenvalue weighted by Crippen LogP contribution is 2.26. The summed E-state index contributed by atoms with van der Waals surface area (Å²) in [6.45, 7) is 0. The second-order valence-electron chi connectivity index (χ2n) is 4.12. The highest BCUT2D eigenvalue weighted by Gasteiger charge is 2.09. The maximum absolute atomic E-state index is 11.7. The number of aromatic carboxylic acids is 1. The van der Waals surface area contributed by atoms with Gasteiger partial charge in [-0.3, -0.25) is 0 Å². The smallest absolute Gasteiger partial charge is 0.336 e. The number of esters is 1. The quantitative estimate of drug-likeness (QED) is 0.520. The maximum Gasteiger partial charge on any atom is 0.336 e. The summed E-state index contributed by atoms with van der Waals surface area (Å²) in [5.41, 5.74) is 0.997. The van der Waals surface area contributed by atoms with Crippen LogP contribution >= 0.6 is 15.9 Å². The highest BCUT2D eigenvalue weighted by atomic mass is 79.9. The minimum atomic E-state index is -1.04. The first-order valence-corrected chi connectivity index (χ1v) is 6.83. The molecule has 0 heterocycles. The van der Waals surface area contributed by atoms with Gasteiger partial charge in [-0.2, -0.15) is 0 Å². The van der Waals surface area contributed by atoms with Gasteiger partial charge >= 0.3 is 11.9 Å². The molecule has 2 aromatic rings. The molecule has 0 saturated heterocycles. The molecule has 21 heavy (non-hydrogen) atoms. The lowest BCUT2D eigenvalue weighted by Gasteiger charge is -2.05. The fourth-order valence-electron chi connectivity index (χ4n) is 1.59. The van der Waals surface area contributed by atoms with Crippen LogP contribution in [0.5, 0.6) is 5.75 Å². The Hall–Kier alpha value is -2.40. The molecular formula is C16H11BrO4. The van der Waals surface area contributed by atoms with E-state index < -0.39 is 11.9 Å². The third-order valence-electron chi connectivity index (χ3n) is 2.60. The summed E-state index contributed by atoms with van der Waals surface area (Å²) in [4.78, 5) is 22.5. The monoisotopic (exact) mass is 346 g/mol. The van der Waals surface area contributed by atoms with Crippen LogP contribution in [0.4, 0.5) is 0 Å². The fourth-order valence-corrected chi connectivity index (χ4v) is 2.05. The number of carboxylic acids is 1. The topological polar surface area (TPSA) is 63.6 Å². The van der Waals surface area contributed by atoms with Gasteiger partial charge in [0.15, 0.2) is 0 Å². The molecule has 0 unspecified atom stereocenters. The molecule has 2 aromatic carbocycles. The van der Waals surface area contributed by atoms with Crippen molar-refractivity contribution in [3.8, 4) is 5.75 Å². The molecule has 5 heteroatoms. The van der Waals surface area contributed by atoms with E-state index >= 15 is 0 Å². The second-order valence-corrected chi connectivity index (χ2v) is 4.97. The van der Waals surface area contributed by atoms with Crippen molar-refractivity contribution in [3.63, 3.8) is 0 Å². The summed E-state index contributed by atoms with van der Waals surface area (Å²) >= 11 is 3.18. The van der Waals surface area contributed by atoms with Gasteiger partial charge in [0.05, 0.1) is 10.0 Å². The summed E-state index contributed by atoms with van der Waals surface area (Å²) in [6.07, 6.45) is 2.95. The van der Waals surface area contributed by atoms with Crippen LogP contribution in [0.1, 0.15) is 15.9 Å². The number of rotatable bonds is 4. The van der Waals surface area contributed by atoms with Gasteiger partial charge < -0.3 is 9.84 Å². The molecule has 0 amide bonds. The van der Waals surface area contributed by atoms with Crippen LogP contribution in [-0.4, -0.2) is 17.0 Å². The molecule has 4 nitrogen and oxygen atoms in total. The summed E-state index contributed by atoms with van der Waals surface area (Å²) < 4.78 is 5.54. The van der Waals surface area contributed by atoms with Gasteiger partial charge in [-0.15, -0.1) is 0 Å². The van der Waals surface area contributed by atoms with Gasteiger partial charge in [0, 0.05) is 6.08 Å². The number of carboxylic acid groups (broad SMARTS) is 1. The summed E-state index contributed by atoms with van der Waals surface area (Å²) in [6, 6.07) is 13.5. The van der Waals surface area contributed by atoms with E-state index in [4.69, 9.17) is 9.84 Å². The van der Waals surface area contributed by atoms with E-state index in [0.29, 0.717) is 4.47 Å². The zero-order valence-corrected chi connectivity index (χ0v) is 12.4. The molecule has 0 aromatic heterocycles. The van der Waals surface area contributed by atoms with Crippen LogP contribution < -0.4 is 4.74 Å². The number of carbonyl (C=O) groups excluding carboxylic acids is 1. The van der Waals surface area contributed by atoms with Crippen LogP contribution in [0.2, 0.25) is 0 Å². The first-order valence-electron chi connectivity index (χ1n) is 6.04. The van der Waals surface area contributed by atoms with E-state index in [2.05, 4.69) is 15.9 Å². The third kappa shape index (κ3) is 4.29. The molecule has 0 radical (unpaired) electrons. The van der Waals surface area contributed by atoms with Gasteiger partial charge in [-0.1, -0.05) is 30.3 Å². The number of ether oxygens (including phenoxy) is 1. The fraction of sp³-hybridized carbons (Fsp3) is 0. The van der Waals surface area contributed by atoms with E-state index in [1.165, 1.54) is 24.3 Å². The van der Waals surface area contributed by atoms with Crippen molar-refractivity contribution in [2.24, 2.45) is 0 Å². The normalized spacial score (nSPS) is 10.5. The van der Waals surface area contributed by atoms with Crippen molar-refractivity contribution in [2.75, 3.05) is 0 Å². The van der Waals surface area contributed by atoms with Crippen LogP contribution in [0, 0.1) is 0 Å². The Morgan fingerprint density at radius 3 is 2.43 bits per heavy atom. The van der Waals surface area contributed by atoms with Crippen molar-refractivity contribution in [1.29, 1.82) is 0 Å². The van der Waals surface area contributed by atoms with Gasteiger partial charge in [0.2, 0.25) is 0 Å². The molecule has 1 N–H and O–H groups in total. The van der Waals surface area contributed by atoms with Crippen molar-refractivity contribution >= 4 is 33.9 Å². The van der Waals surface area contributed by atoms with Crippen molar-refractivity contribution in [2.45, 2.75) is 0 Å². The molecular weight excluding hydrogens is 336 g/mol. The summed E-state index contributed by atoms with van der Waals surface area (Å²) in [7, 11) is 0. The van der Waals surface area contributed by atoms with E-state index in [0.717, 1.165) is 5.56 Å². The first kappa shape index (κ1) is 15.0. The standard InChI is InChI=1S/C16H11BrO4/c17-13-10-12(16(19)20)7-8-14(13)21-15(18)9-6-11-4-2-1-3-5-11/h1-10H,(H,19,20)/b9-6+. The highest BCUT2D eigenvalue weighted by molar-refractivity contribution is 9.10. The van der Waals surface area contributed by atoms with Crippen LogP contribution in [0.25, 0.3) is 6.08 Å². The average Bonchev–Trinajstić information content (AvgIpc) is 2.48. The molecule has 0 aliphatic heterocycles. The van der Waals surface area contributed by atoms with Gasteiger partial charge in [-0.05, 0) is 45.8 Å². The number of hydrogen-bond donors (Lipinski definition) is 1. The largest absolute Gasteiger partial charge is 0.478 e. The lowest BCUT2D eigenvalue weighted by Crippen LogP contribution is -2.05. The Kier molecular flexibility index (Phi) is 4.90. The van der Waals surface area contributed by atoms with Crippen molar-refractivity contribution in [3.05, 3.63) is 70.2 Å². The average molecular weight is 347 g/mol. The predicted octanol–water partition coefficient (Wildman–Crippen LogP) is 3.77. The lowest BCUT2D eigenvalue weighted by molar-refractivity contribution is -0.128. The van der Waals surface area contributed by atoms with Crippen LogP contribution in [0.15, 0.2) is 59.1 Å². The van der Waals surface area contributed by atoms with Crippen LogP contribution in [-0.2, 0) is 4.79 Å². The number of halogens is 1. The van der Waals surface area contributed by atoms with Crippen molar-refractivity contribution in [1.82, 2.24) is 0 Å². The second kappa shape index (κ2) is 6.85. The molecule has 0 fully saturated rings. The number of benzene rings is 2. The van der Waals surface area contributed by atoms with Crippen LogP contribution in [0.3, 0.4) is 0 Å². The number of hydrogen-bond acceptors (Lipinski definition) is 3. The van der Waals surface area contributed by atoms with Crippen molar-refractivity contribution < 1.29 is 19.4 Å². The minimum Gasteiger partial charge on any atom is -0.478 e. The molecule has 0 aliphatic rings. The SMILES string of the molecule is O=C(/C=C/c1ccccc1)Oc1ccc(C(=O)O)cc1Br. The van der Waals surface area contributed by atoms with Gasteiger partial charge in [0.1, 0.15) is 5.75 Å². The summed E-state index contributed by atoms with van der Waals surface area (Å²) in [5, 5.41) is 8.85. The Balaban J connectivity index is 2.06. The zero-order valence-electron chi connectivity index (χ0n) is 10.8. The van der Waals surface area contributed by atoms with E-state index in [-0.39, 0.29) is 11.3 Å². The first-order chi connectivity index (χ1) is 10.1. The Morgan fingerprint density at radius 2 is 1.81 bits per heavy atom. The summed E-state index contributed by atoms with van der Waals surface area (Å²) in [5.74, 6) is -1.32. The van der Waals surface area contributed by atoms with E-state index in [1.54, 1.807) is 6.08 Å². The minimum absolute atomic E-state index is 0.113. The Bertz CT molecular complexity index is 693. The zero-order chi connectivity index (χ0) is 15.2. The third-order valence-corrected chi connectivity index (χ3v) is 3.22. The van der Waals surface area contributed by atoms with Gasteiger partial charge in [0.25, 0.3) is 0 Å². The van der Waals surface area contributed by atoms with E-state index in [1.807, 2.05) is 30.3 Å². The molecule has 106 valence electrons. The molecule has 0 bridgehead atoms. The molecule has 0 atom stereocenters. The number of carbonyl (C=O) groups is 2. The van der Waals surface area contributed by atoms with E-state index in [9.17, 15) is 9.59 Å². The molecule has 2 rings (SSSR count). The molecule has 0 saturated carbocycles. The lowest BCUT2D eigenvalue weighted by atomic mass is 10.2. The predicted molar refractivity (Wildman–Crippen MR) is 82.2 cm³/mol. The molecule has 0 spiro atoms. The molecule has 0 aliphatic carbocycles. The Labute approximate surface area is 129 Å².